The van der Waals surface area contributed by atoms with Gasteiger partial charge < -0.3 is 5.73 Å². The Morgan fingerprint density at radius 3 is 3.45 bits per heavy atom. The van der Waals surface area contributed by atoms with E-state index in [-0.39, 0.29) is 0 Å². The summed E-state index contributed by atoms with van der Waals surface area (Å²) in [6, 6.07) is 0. The third kappa shape index (κ3) is 1.16. The Morgan fingerprint density at radius 2 is 2.64 bits per heavy atom. The van der Waals surface area contributed by atoms with Crippen LogP contribution in [-0.2, 0) is 12.8 Å². The SMILES string of the molecule is NC[C@@H]1CCc2[nH]ncc2C1. The van der Waals surface area contributed by atoms with Gasteiger partial charge in [-0.25, -0.2) is 0 Å². The standard InChI is InChI=1S/C8H13N3/c9-4-6-1-2-8-7(3-6)5-10-11-8/h5-6H,1-4,9H2,(H,10,11)/t6-/m1/s1. The molecule has 3 N–H and O–H groups in total. The van der Waals surface area contributed by atoms with E-state index < -0.39 is 0 Å². The number of fused-ring (bicyclic) bond motifs is 1. The van der Waals surface area contributed by atoms with E-state index in [1.807, 2.05) is 6.20 Å². The van der Waals surface area contributed by atoms with Gasteiger partial charge in [-0.2, -0.15) is 5.10 Å². The number of aromatic amines is 1. The van der Waals surface area contributed by atoms with Crippen molar-refractivity contribution >= 4 is 0 Å². The van der Waals surface area contributed by atoms with Gasteiger partial charge in [-0.15, -0.1) is 0 Å². The van der Waals surface area contributed by atoms with Crippen molar-refractivity contribution in [3.05, 3.63) is 17.5 Å². The zero-order chi connectivity index (χ0) is 7.68. The lowest BCUT2D eigenvalue weighted by Gasteiger charge is -2.19. The predicted molar refractivity (Wildman–Crippen MR) is 43.2 cm³/mol. The molecule has 0 fully saturated rings. The van der Waals surface area contributed by atoms with Crippen molar-refractivity contribution in [2.45, 2.75) is 19.3 Å². The maximum atomic E-state index is 5.60. The molecule has 3 heteroatoms. The molecule has 2 rings (SSSR count). The zero-order valence-electron chi connectivity index (χ0n) is 6.51. The minimum absolute atomic E-state index is 0.681. The highest BCUT2D eigenvalue weighted by Gasteiger charge is 2.18. The molecule has 1 aliphatic carbocycles. The Kier molecular flexibility index (Phi) is 1.66. The lowest BCUT2D eigenvalue weighted by Crippen LogP contribution is -2.21. The molecule has 60 valence electrons. The molecular formula is C8H13N3. The van der Waals surface area contributed by atoms with E-state index in [4.69, 9.17) is 5.73 Å². The third-order valence-electron chi connectivity index (χ3n) is 2.45. The number of aromatic nitrogens is 2. The summed E-state index contributed by atoms with van der Waals surface area (Å²) in [6.07, 6.45) is 5.38. The van der Waals surface area contributed by atoms with Crippen molar-refractivity contribution in [2.24, 2.45) is 11.7 Å². The summed E-state index contributed by atoms with van der Waals surface area (Å²) in [4.78, 5) is 0. The molecule has 1 heterocycles. The quantitative estimate of drug-likeness (QED) is 0.613. The van der Waals surface area contributed by atoms with Crippen LogP contribution in [0.4, 0.5) is 0 Å². The van der Waals surface area contributed by atoms with Crippen LogP contribution >= 0.6 is 0 Å². The third-order valence-corrected chi connectivity index (χ3v) is 2.45. The van der Waals surface area contributed by atoms with E-state index >= 15 is 0 Å². The van der Waals surface area contributed by atoms with Crippen LogP contribution in [0.25, 0.3) is 0 Å². The Balaban J connectivity index is 2.18. The molecule has 11 heavy (non-hydrogen) atoms. The molecule has 1 atom stereocenters. The average molecular weight is 151 g/mol. The summed E-state index contributed by atoms with van der Waals surface area (Å²) in [5.41, 5.74) is 8.28. The van der Waals surface area contributed by atoms with Gasteiger partial charge in [-0.05, 0) is 37.3 Å². The van der Waals surface area contributed by atoms with Gasteiger partial charge in [0, 0.05) is 5.69 Å². The molecule has 1 aromatic heterocycles. The topological polar surface area (TPSA) is 54.7 Å². The summed E-state index contributed by atoms with van der Waals surface area (Å²) in [5.74, 6) is 0.681. The van der Waals surface area contributed by atoms with Crippen LogP contribution in [0.15, 0.2) is 6.20 Å². The Morgan fingerprint density at radius 1 is 1.73 bits per heavy atom. The van der Waals surface area contributed by atoms with E-state index in [0.29, 0.717) is 5.92 Å². The number of H-pyrrole nitrogens is 1. The highest BCUT2D eigenvalue weighted by Crippen LogP contribution is 2.22. The number of nitrogens with two attached hydrogens (primary N) is 1. The van der Waals surface area contributed by atoms with E-state index in [2.05, 4.69) is 10.2 Å². The monoisotopic (exact) mass is 151 g/mol. The smallest absolute Gasteiger partial charge is 0.0522 e. The Labute approximate surface area is 66.0 Å². The highest BCUT2D eigenvalue weighted by molar-refractivity contribution is 5.19. The van der Waals surface area contributed by atoms with Gasteiger partial charge in [-0.1, -0.05) is 0 Å². The fourth-order valence-electron chi connectivity index (χ4n) is 1.69. The molecule has 0 bridgehead atoms. The first-order valence-corrected chi connectivity index (χ1v) is 4.11. The van der Waals surface area contributed by atoms with Gasteiger partial charge in [0.05, 0.1) is 6.20 Å². The maximum absolute atomic E-state index is 5.60. The van der Waals surface area contributed by atoms with Gasteiger partial charge in [0.25, 0.3) is 0 Å². The van der Waals surface area contributed by atoms with Crippen LogP contribution in [0.3, 0.4) is 0 Å². The molecule has 0 aliphatic heterocycles. The molecule has 0 unspecified atom stereocenters. The zero-order valence-corrected chi connectivity index (χ0v) is 6.51. The number of aryl methyl sites for hydroxylation is 1. The average Bonchev–Trinajstić information content (AvgIpc) is 2.50. The van der Waals surface area contributed by atoms with Crippen molar-refractivity contribution in [1.82, 2.24) is 10.2 Å². The van der Waals surface area contributed by atoms with Gasteiger partial charge in [0.2, 0.25) is 0 Å². The minimum Gasteiger partial charge on any atom is -0.330 e. The van der Waals surface area contributed by atoms with Gasteiger partial charge in [0.15, 0.2) is 0 Å². The Bertz CT molecular complexity index is 241. The number of nitrogens with one attached hydrogen (secondary N) is 1. The molecule has 1 aliphatic rings. The van der Waals surface area contributed by atoms with Crippen molar-refractivity contribution < 1.29 is 0 Å². The molecule has 0 amide bonds. The first-order valence-electron chi connectivity index (χ1n) is 4.11. The first-order chi connectivity index (χ1) is 5.40. The van der Waals surface area contributed by atoms with Crippen molar-refractivity contribution in [3.8, 4) is 0 Å². The Hall–Kier alpha value is -0.830. The fraction of sp³-hybridized carbons (Fsp3) is 0.625. The largest absolute Gasteiger partial charge is 0.330 e. The highest BCUT2D eigenvalue weighted by atomic mass is 15.1. The summed E-state index contributed by atoms with van der Waals surface area (Å²) in [6.45, 7) is 0.810. The van der Waals surface area contributed by atoms with Gasteiger partial charge in [-0.3, -0.25) is 5.10 Å². The second-order valence-electron chi connectivity index (χ2n) is 3.22. The van der Waals surface area contributed by atoms with Crippen LogP contribution in [0.2, 0.25) is 0 Å². The van der Waals surface area contributed by atoms with Gasteiger partial charge in [0.1, 0.15) is 0 Å². The minimum atomic E-state index is 0.681. The summed E-state index contributed by atoms with van der Waals surface area (Å²) in [7, 11) is 0. The molecule has 0 saturated carbocycles. The van der Waals surface area contributed by atoms with E-state index in [1.54, 1.807) is 0 Å². The molecule has 3 nitrogen and oxygen atoms in total. The molecule has 0 aromatic carbocycles. The van der Waals surface area contributed by atoms with E-state index in [0.717, 1.165) is 19.4 Å². The van der Waals surface area contributed by atoms with Crippen molar-refractivity contribution in [1.29, 1.82) is 0 Å². The number of hydrogen-bond donors (Lipinski definition) is 2. The molecule has 0 saturated heterocycles. The van der Waals surface area contributed by atoms with Gasteiger partial charge >= 0.3 is 0 Å². The number of nitrogens with zero attached hydrogens (tertiary/aromatic N) is 1. The maximum Gasteiger partial charge on any atom is 0.0522 e. The summed E-state index contributed by atoms with van der Waals surface area (Å²) >= 11 is 0. The van der Waals surface area contributed by atoms with Crippen LogP contribution < -0.4 is 5.73 Å². The normalized spacial score (nSPS) is 23.2. The molecule has 1 aromatic rings. The van der Waals surface area contributed by atoms with Crippen LogP contribution in [0.1, 0.15) is 17.7 Å². The van der Waals surface area contributed by atoms with Crippen molar-refractivity contribution in [3.63, 3.8) is 0 Å². The first kappa shape index (κ1) is 6.85. The second kappa shape index (κ2) is 2.66. The van der Waals surface area contributed by atoms with Crippen LogP contribution in [0, 0.1) is 5.92 Å². The van der Waals surface area contributed by atoms with Crippen LogP contribution in [0.5, 0.6) is 0 Å². The molecular weight excluding hydrogens is 138 g/mol. The number of rotatable bonds is 1. The molecule has 0 radical (unpaired) electrons. The lowest BCUT2D eigenvalue weighted by molar-refractivity contribution is 0.466. The summed E-state index contributed by atoms with van der Waals surface area (Å²) < 4.78 is 0. The van der Waals surface area contributed by atoms with Crippen LogP contribution in [-0.4, -0.2) is 16.7 Å². The van der Waals surface area contributed by atoms with E-state index in [9.17, 15) is 0 Å². The van der Waals surface area contributed by atoms with Crippen molar-refractivity contribution in [2.75, 3.05) is 6.54 Å². The van der Waals surface area contributed by atoms with E-state index in [1.165, 1.54) is 17.7 Å². The summed E-state index contributed by atoms with van der Waals surface area (Å²) in [5, 5.41) is 7.02. The second-order valence-corrected chi connectivity index (χ2v) is 3.22. The lowest BCUT2D eigenvalue weighted by atomic mass is 9.88. The fourth-order valence-corrected chi connectivity index (χ4v) is 1.69. The predicted octanol–water partition coefficient (Wildman–Crippen LogP) is 0.473. The molecule has 0 spiro atoms. The number of hydrogen-bond acceptors (Lipinski definition) is 2.